The van der Waals surface area contributed by atoms with E-state index in [-0.39, 0.29) is 12.1 Å². The van der Waals surface area contributed by atoms with Crippen LogP contribution in [0.3, 0.4) is 0 Å². The Kier molecular flexibility index (Phi) is 4.97. The Morgan fingerprint density at radius 3 is 2.36 bits per heavy atom. The summed E-state index contributed by atoms with van der Waals surface area (Å²) < 4.78 is 4.69. The van der Waals surface area contributed by atoms with Gasteiger partial charge in [-0.1, -0.05) is 59.1 Å². The van der Waals surface area contributed by atoms with Crippen molar-refractivity contribution in [1.29, 1.82) is 0 Å². The maximum Gasteiger partial charge on any atom is 0.251 e. The molecule has 0 saturated heterocycles. The molecule has 0 spiro atoms. The van der Waals surface area contributed by atoms with Crippen LogP contribution >= 0.6 is 34.8 Å². The number of hydrogen-bond acceptors (Lipinski definition) is 1. The number of aryl methyl sites for hydroxylation is 1. The molecule has 5 aromatic rings. The summed E-state index contributed by atoms with van der Waals surface area (Å²) in [6.07, 6.45) is 6.20. The number of fused-ring (bicyclic) bond motifs is 11. The second-order valence-corrected chi connectivity index (χ2v) is 10.5. The Balaban J connectivity index is 1.63. The van der Waals surface area contributed by atoms with Gasteiger partial charge < -0.3 is 0 Å². The fraction of sp³-hybridized carbons (Fsp3) is 0.100. The minimum absolute atomic E-state index is 0.0404. The third kappa shape index (κ3) is 3.03. The predicted octanol–water partition coefficient (Wildman–Crippen LogP) is 7.43. The summed E-state index contributed by atoms with van der Waals surface area (Å²) in [5, 5.41) is 1.35. The van der Waals surface area contributed by atoms with Crippen molar-refractivity contribution in [2.24, 2.45) is 0 Å². The van der Waals surface area contributed by atoms with Gasteiger partial charge in [-0.2, -0.15) is 9.13 Å². The van der Waals surface area contributed by atoms with Crippen LogP contribution in [0.5, 0.6) is 0 Å². The molecule has 36 heavy (non-hydrogen) atoms. The van der Waals surface area contributed by atoms with Crippen LogP contribution in [-0.2, 0) is 0 Å². The monoisotopic (exact) mass is 527 g/mol. The maximum absolute atomic E-state index is 7.01. The number of rotatable bonds is 1. The lowest BCUT2D eigenvalue weighted by Gasteiger charge is -2.33. The van der Waals surface area contributed by atoms with Crippen LogP contribution in [0.15, 0.2) is 91.4 Å². The first-order valence-electron chi connectivity index (χ1n) is 11.8. The van der Waals surface area contributed by atoms with Gasteiger partial charge in [-0.05, 0) is 42.8 Å². The molecule has 2 aromatic carbocycles. The zero-order chi connectivity index (χ0) is 24.6. The van der Waals surface area contributed by atoms with E-state index in [1.165, 1.54) is 11.1 Å². The van der Waals surface area contributed by atoms with Gasteiger partial charge in [-0.15, -0.1) is 0 Å². The van der Waals surface area contributed by atoms with Gasteiger partial charge in [0.2, 0.25) is 11.4 Å². The number of nitrogens with zero attached hydrogens (tertiary/aromatic N) is 3. The number of halogens is 3. The van der Waals surface area contributed by atoms with Gasteiger partial charge in [0.1, 0.15) is 0 Å². The van der Waals surface area contributed by atoms with Gasteiger partial charge in [-0.3, -0.25) is 4.98 Å². The summed E-state index contributed by atoms with van der Waals surface area (Å²) in [6, 6.07) is 24.9. The molecular formula is C30H20Cl3N3+2. The first kappa shape index (κ1) is 22.0. The summed E-state index contributed by atoms with van der Waals surface area (Å²) in [5.41, 5.74) is 9.79. The van der Waals surface area contributed by atoms with Crippen LogP contribution in [0.2, 0.25) is 15.1 Å². The van der Waals surface area contributed by atoms with E-state index in [2.05, 4.69) is 88.0 Å². The van der Waals surface area contributed by atoms with Crippen LogP contribution in [0.25, 0.3) is 33.8 Å². The van der Waals surface area contributed by atoms with E-state index >= 15 is 0 Å². The molecule has 0 aliphatic carbocycles. The summed E-state index contributed by atoms with van der Waals surface area (Å²) in [7, 11) is 0. The van der Waals surface area contributed by atoms with Crippen molar-refractivity contribution in [3.05, 3.63) is 123 Å². The van der Waals surface area contributed by atoms with Gasteiger partial charge in [-0.25, -0.2) is 0 Å². The lowest BCUT2D eigenvalue weighted by Crippen LogP contribution is -2.60. The topological polar surface area (TPSA) is 20.6 Å². The van der Waals surface area contributed by atoms with E-state index in [1.54, 1.807) is 0 Å². The Labute approximate surface area is 224 Å². The van der Waals surface area contributed by atoms with Crippen molar-refractivity contribution < 1.29 is 9.13 Å². The molecule has 3 nitrogen and oxygen atoms in total. The molecule has 0 bridgehead atoms. The van der Waals surface area contributed by atoms with E-state index in [0.717, 1.165) is 39.3 Å². The van der Waals surface area contributed by atoms with E-state index in [4.69, 9.17) is 34.8 Å². The standard InChI is InChI=1S/C30H20Cl3N3/c1-17-14-25-20-15-22(31)27(32)28(33)26(20)30-29(36(25)16-21(17)23-10-4-6-12-34-23)19-9-3-2-8-18(19)24-11-5-7-13-35(24)30/h2-16,29-30H,1H3/q+2. The van der Waals surface area contributed by atoms with Crippen LogP contribution < -0.4 is 9.13 Å². The molecule has 5 heterocycles. The summed E-state index contributed by atoms with van der Waals surface area (Å²) in [4.78, 5) is 4.65. The number of aromatic nitrogens is 3. The molecule has 0 saturated carbocycles. The normalized spacial score (nSPS) is 16.9. The fourth-order valence-corrected chi connectivity index (χ4v) is 6.58. The van der Waals surface area contributed by atoms with Crippen LogP contribution in [-0.4, -0.2) is 4.98 Å². The first-order valence-corrected chi connectivity index (χ1v) is 12.9. The minimum atomic E-state index is -0.106. The second-order valence-electron chi connectivity index (χ2n) is 9.30. The number of benzene rings is 2. The molecule has 2 unspecified atom stereocenters. The molecule has 6 heteroatoms. The maximum atomic E-state index is 7.01. The molecular weight excluding hydrogens is 509 g/mol. The summed E-state index contributed by atoms with van der Waals surface area (Å²) in [5.74, 6) is 0. The van der Waals surface area contributed by atoms with Crippen molar-refractivity contribution in [1.82, 2.24) is 4.98 Å². The van der Waals surface area contributed by atoms with Crippen molar-refractivity contribution in [3.63, 3.8) is 0 Å². The van der Waals surface area contributed by atoms with Crippen LogP contribution in [0.4, 0.5) is 0 Å². The lowest BCUT2D eigenvalue weighted by atomic mass is 9.79. The third-order valence-corrected chi connectivity index (χ3v) is 8.66. The third-order valence-electron chi connectivity index (χ3n) is 7.38. The first-order chi connectivity index (χ1) is 17.5. The summed E-state index contributed by atoms with van der Waals surface area (Å²) in [6.45, 7) is 2.12. The molecule has 2 atom stereocenters. The van der Waals surface area contributed by atoms with Crippen molar-refractivity contribution in [3.8, 4) is 33.8 Å². The van der Waals surface area contributed by atoms with Crippen molar-refractivity contribution in [2.45, 2.75) is 19.0 Å². The van der Waals surface area contributed by atoms with Gasteiger partial charge >= 0.3 is 0 Å². The second kappa shape index (κ2) is 8.14. The fourth-order valence-electron chi connectivity index (χ4n) is 5.85. The Morgan fingerprint density at radius 2 is 1.53 bits per heavy atom. The summed E-state index contributed by atoms with van der Waals surface area (Å²) >= 11 is 20.3. The highest BCUT2D eigenvalue weighted by Crippen LogP contribution is 2.50. The Hall–Kier alpha value is -3.24. The Morgan fingerprint density at radius 1 is 0.722 bits per heavy atom. The predicted molar refractivity (Wildman–Crippen MR) is 143 cm³/mol. The van der Waals surface area contributed by atoms with E-state index < -0.39 is 0 Å². The largest absolute Gasteiger partial charge is 0.256 e. The molecule has 7 rings (SSSR count). The molecule has 2 aliphatic rings. The van der Waals surface area contributed by atoms with Crippen LogP contribution in [0.1, 0.15) is 28.8 Å². The average Bonchev–Trinajstić information content (AvgIpc) is 2.92. The van der Waals surface area contributed by atoms with Gasteiger partial charge in [0.25, 0.3) is 12.1 Å². The molecule has 3 aromatic heterocycles. The highest BCUT2D eigenvalue weighted by molar-refractivity contribution is 6.48. The molecule has 0 radical (unpaired) electrons. The highest BCUT2D eigenvalue weighted by atomic mass is 35.5. The van der Waals surface area contributed by atoms with Gasteiger partial charge in [0.15, 0.2) is 12.4 Å². The molecule has 0 N–H and O–H groups in total. The van der Waals surface area contributed by atoms with Gasteiger partial charge in [0, 0.05) is 30.0 Å². The highest BCUT2D eigenvalue weighted by Gasteiger charge is 2.53. The zero-order valence-electron chi connectivity index (χ0n) is 19.3. The lowest BCUT2D eigenvalue weighted by molar-refractivity contribution is -0.799. The SMILES string of the molecule is Cc1cc2[n+](cc1-c1ccccn1)C1c3ccccc3-c3cccc[n+]3C1c1c-2cc(Cl)c(Cl)c1Cl. The van der Waals surface area contributed by atoms with E-state index in [0.29, 0.717) is 15.1 Å². The van der Waals surface area contributed by atoms with Crippen LogP contribution in [0, 0.1) is 6.92 Å². The number of hydrogen-bond donors (Lipinski definition) is 0. The van der Waals surface area contributed by atoms with Crippen molar-refractivity contribution >= 4 is 34.8 Å². The molecule has 0 amide bonds. The van der Waals surface area contributed by atoms with Gasteiger partial charge in [0.05, 0.1) is 43.0 Å². The molecule has 2 aliphatic heterocycles. The quantitative estimate of drug-likeness (QED) is 0.164. The zero-order valence-corrected chi connectivity index (χ0v) is 21.6. The molecule has 0 fully saturated rings. The van der Waals surface area contributed by atoms with Crippen molar-refractivity contribution in [2.75, 3.05) is 0 Å². The van der Waals surface area contributed by atoms with E-state index in [9.17, 15) is 0 Å². The molecule has 174 valence electrons. The Bertz CT molecular complexity index is 1700. The van der Waals surface area contributed by atoms with E-state index in [1.807, 2.05) is 24.4 Å². The minimum Gasteiger partial charge on any atom is -0.256 e. The average molecular weight is 529 g/mol. The number of pyridine rings is 3. The smallest absolute Gasteiger partial charge is 0.251 e.